The first-order chi connectivity index (χ1) is 9.79. The van der Waals surface area contributed by atoms with Crippen molar-refractivity contribution in [3.8, 4) is 5.82 Å². The fourth-order valence-electron chi connectivity index (χ4n) is 1.93. The number of hydrogen-bond acceptors (Lipinski definition) is 4. The lowest BCUT2D eigenvalue weighted by Gasteiger charge is -2.21. The molecule has 0 aromatic carbocycles. The number of aromatic nitrogens is 2. The minimum absolute atomic E-state index is 0.205. The monoisotopic (exact) mass is 286 g/mol. The summed E-state index contributed by atoms with van der Waals surface area (Å²) in [6.45, 7) is 7.11. The molecule has 0 unspecified atom stereocenters. The molecule has 0 fully saturated rings. The minimum Gasteiger partial charge on any atom is -0.455 e. The molecule has 110 valence electrons. The Kier molecular flexibility index (Phi) is 3.93. The molecule has 0 amide bonds. The van der Waals surface area contributed by atoms with Crippen LogP contribution < -0.4 is 5.56 Å². The van der Waals surface area contributed by atoms with E-state index in [4.69, 9.17) is 4.74 Å². The molecule has 2 aromatic heterocycles. The van der Waals surface area contributed by atoms with Crippen molar-refractivity contribution >= 4 is 5.97 Å². The predicted octanol–water partition coefficient (Wildman–Crippen LogP) is 2.50. The van der Waals surface area contributed by atoms with Gasteiger partial charge in [0.25, 0.3) is 5.56 Å². The highest BCUT2D eigenvalue weighted by molar-refractivity contribution is 5.90. The first kappa shape index (κ1) is 15.0. The van der Waals surface area contributed by atoms with E-state index in [2.05, 4.69) is 4.98 Å². The van der Waals surface area contributed by atoms with Gasteiger partial charge in [0, 0.05) is 12.3 Å². The van der Waals surface area contributed by atoms with E-state index in [9.17, 15) is 9.59 Å². The minimum atomic E-state index is -0.635. The summed E-state index contributed by atoms with van der Waals surface area (Å²) in [7, 11) is 0. The number of ether oxygens (including phenoxy) is 1. The molecule has 0 aliphatic rings. The van der Waals surface area contributed by atoms with Crippen LogP contribution in [0.3, 0.4) is 0 Å². The number of esters is 1. The van der Waals surface area contributed by atoms with Gasteiger partial charge in [0.15, 0.2) is 0 Å². The van der Waals surface area contributed by atoms with Crippen LogP contribution in [-0.2, 0) is 4.74 Å². The van der Waals surface area contributed by atoms with E-state index in [1.165, 1.54) is 10.6 Å². The Balaban J connectivity index is 2.63. The van der Waals surface area contributed by atoms with Crippen molar-refractivity contribution in [2.75, 3.05) is 0 Å². The first-order valence-electron chi connectivity index (χ1n) is 6.67. The maximum Gasteiger partial charge on any atom is 0.356 e. The van der Waals surface area contributed by atoms with Gasteiger partial charge in [0.2, 0.25) is 0 Å². The Morgan fingerprint density at radius 2 is 1.90 bits per heavy atom. The van der Waals surface area contributed by atoms with Gasteiger partial charge >= 0.3 is 5.97 Å². The quantitative estimate of drug-likeness (QED) is 0.796. The molecular weight excluding hydrogens is 268 g/mol. The molecule has 2 heterocycles. The molecule has 0 bridgehead atoms. The maximum absolute atomic E-state index is 12.4. The van der Waals surface area contributed by atoms with Gasteiger partial charge in [-0.3, -0.25) is 9.36 Å². The highest BCUT2D eigenvalue weighted by Gasteiger charge is 2.23. The normalized spacial score (nSPS) is 11.2. The van der Waals surface area contributed by atoms with Gasteiger partial charge < -0.3 is 4.74 Å². The summed E-state index contributed by atoms with van der Waals surface area (Å²) in [5.41, 5.74) is -0.0875. The fourth-order valence-corrected chi connectivity index (χ4v) is 1.93. The van der Waals surface area contributed by atoms with Crippen LogP contribution in [0.1, 0.15) is 36.8 Å². The summed E-state index contributed by atoms with van der Waals surface area (Å²) in [4.78, 5) is 28.7. The third-order valence-electron chi connectivity index (χ3n) is 2.76. The summed E-state index contributed by atoms with van der Waals surface area (Å²) in [6.07, 6.45) is 1.57. The molecule has 2 rings (SSSR count). The van der Waals surface area contributed by atoms with Crippen molar-refractivity contribution in [1.29, 1.82) is 0 Å². The zero-order valence-electron chi connectivity index (χ0n) is 12.6. The fraction of sp³-hybridized carbons (Fsp3) is 0.312. The Hall–Kier alpha value is -2.43. The number of nitrogens with zero attached hydrogens (tertiary/aromatic N) is 2. The van der Waals surface area contributed by atoms with Gasteiger partial charge in [0.05, 0.1) is 0 Å². The Labute approximate surface area is 123 Å². The van der Waals surface area contributed by atoms with Crippen molar-refractivity contribution in [2.24, 2.45) is 0 Å². The van der Waals surface area contributed by atoms with Crippen molar-refractivity contribution in [1.82, 2.24) is 9.55 Å². The molecule has 0 saturated carbocycles. The molecule has 5 nitrogen and oxygen atoms in total. The summed E-state index contributed by atoms with van der Waals surface area (Å²) < 4.78 is 6.68. The lowest BCUT2D eigenvalue weighted by atomic mass is 10.1. The third-order valence-corrected chi connectivity index (χ3v) is 2.76. The van der Waals surface area contributed by atoms with Crippen LogP contribution in [0.5, 0.6) is 0 Å². The summed E-state index contributed by atoms with van der Waals surface area (Å²) in [6, 6.07) is 8.21. The van der Waals surface area contributed by atoms with Crippen LogP contribution in [0.25, 0.3) is 5.82 Å². The third kappa shape index (κ3) is 3.37. The van der Waals surface area contributed by atoms with E-state index >= 15 is 0 Å². The standard InChI is InChI=1S/C16H18N2O3/c1-11-8-9-13(19)18(12-7-5-6-10-17-12)14(11)15(20)21-16(2,3)4/h5-10H,1-4H3. The molecule has 2 aromatic rings. The van der Waals surface area contributed by atoms with E-state index < -0.39 is 11.6 Å². The van der Waals surface area contributed by atoms with Crippen molar-refractivity contribution in [3.63, 3.8) is 0 Å². The van der Waals surface area contributed by atoms with E-state index in [0.29, 0.717) is 11.4 Å². The van der Waals surface area contributed by atoms with Crippen LogP contribution in [0.15, 0.2) is 41.3 Å². The average molecular weight is 286 g/mol. The van der Waals surface area contributed by atoms with Crippen LogP contribution >= 0.6 is 0 Å². The summed E-state index contributed by atoms with van der Waals surface area (Å²) in [5, 5.41) is 0. The molecule has 0 atom stereocenters. The van der Waals surface area contributed by atoms with Crippen molar-refractivity contribution in [2.45, 2.75) is 33.3 Å². The second kappa shape index (κ2) is 5.52. The zero-order chi connectivity index (χ0) is 15.6. The second-order valence-electron chi connectivity index (χ2n) is 5.73. The second-order valence-corrected chi connectivity index (χ2v) is 5.73. The maximum atomic E-state index is 12.4. The lowest BCUT2D eigenvalue weighted by Crippen LogP contribution is -2.31. The van der Waals surface area contributed by atoms with E-state index in [1.54, 1.807) is 58.2 Å². The predicted molar refractivity (Wildman–Crippen MR) is 79.7 cm³/mol. The van der Waals surface area contributed by atoms with Gasteiger partial charge in [0.1, 0.15) is 17.1 Å². The highest BCUT2D eigenvalue weighted by atomic mass is 16.6. The van der Waals surface area contributed by atoms with Crippen LogP contribution in [-0.4, -0.2) is 21.1 Å². The molecule has 0 radical (unpaired) electrons. The van der Waals surface area contributed by atoms with Gasteiger partial charge in [-0.1, -0.05) is 12.1 Å². The average Bonchev–Trinajstić information content (AvgIpc) is 2.40. The molecule has 0 N–H and O–H groups in total. The highest BCUT2D eigenvalue weighted by Crippen LogP contribution is 2.16. The first-order valence-corrected chi connectivity index (χ1v) is 6.67. The van der Waals surface area contributed by atoms with Gasteiger partial charge in [-0.15, -0.1) is 0 Å². The topological polar surface area (TPSA) is 61.2 Å². The molecule has 0 saturated heterocycles. The van der Waals surface area contributed by atoms with Crippen LogP contribution in [0.4, 0.5) is 0 Å². The van der Waals surface area contributed by atoms with Gasteiger partial charge in [-0.05, 0) is 45.4 Å². The summed E-state index contributed by atoms with van der Waals surface area (Å²) >= 11 is 0. The lowest BCUT2D eigenvalue weighted by molar-refractivity contribution is 0.00581. The number of carbonyl (C=O) groups excluding carboxylic acids is 1. The van der Waals surface area contributed by atoms with E-state index in [0.717, 1.165) is 0 Å². The molecule has 5 heteroatoms. The number of rotatable bonds is 2. The Bertz CT molecular complexity index is 713. The smallest absolute Gasteiger partial charge is 0.356 e. The largest absolute Gasteiger partial charge is 0.455 e. The van der Waals surface area contributed by atoms with Gasteiger partial charge in [-0.25, -0.2) is 9.78 Å². The number of hydrogen-bond donors (Lipinski definition) is 0. The number of pyridine rings is 2. The molecular formula is C16H18N2O3. The van der Waals surface area contributed by atoms with Crippen LogP contribution in [0, 0.1) is 6.92 Å². The number of aryl methyl sites for hydroxylation is 1. The SMILES string of the molecule is Cc1ccc(=O)n(-c2ccccn2)c1C(=O)OC(C)(C)C. The molecule has 21 heavy (non-hydrogen) atoms. The van der Waals surface area contributed by atoms with Crippen molar-refractivity contribution < 1.29 is 9.53 Å². The number of carbonyl (C=O) groups is 1. The zero-order valence-corrected chi connectivity index (χ0v) is 12.6. The molecule has 0 aliphatic heterocycles. The van der Waals surface area contributed by atoms with Crippen LogP contribution in [0.2, 0.25) is 0 Å². The molecule has 0 spiro atoms. The van der Waals surface area contributed by atoms with Gasteiger partial charge in [-0.2, -0.15) is 0 Å². The van der Waals surface area contributed by atoms with E-state index in [-0.39, 0.29) is 11.3 Å². The Morgan fingerprint density at radius 3 is 2.48 bits per heavy atom. The Morgan fingerprint density at radius 1 is 1.19 bits per heavy atom. The molecule has 0 aliphatic carbocycles. The van der Waals surface area contributed by atoms with E-state index in [1.807, 2.05) is 0 Å². The summed E-state index contributed by atoms with van der Waals surface area (Å²) in [5.74, 6) is -0.143. The van der Waals surface area contributed by atoms with Crippen molar-refractivity contribution in [3.05, 3.63) is 58.1 Å².